The molecule has 5 nitrogen and oxygen atoms in total. The number of aryl methyl sites for hydroxylation is 1. The lowest BCUT2D eigenvalue weighted by Gasteiger charge is -2.31. The Morgan fingerprint density at radius 1 is 1.14 bits per heavy atom. The van der Waals surface area contributed by atoms with E-state index in [9.17, 15) is 13.2 Å². The van der Waals surface area contributed by atoms with Gasteiger partial charge in [0.05, 0.1) is 11.7 Å². The molecule has 9 heteroatoms. The van der Waals surface area contributed by atoms with Crippen molar-refractivity contribution in [2.24, 2.45) is 5.92 Å². The van der Waals surface area contributed by atoms with Crippen LogP contribution in [0.15, 0.2) is 36.4 Å². The number of halogens is 3. The van der Waals surface area contributed by atoms with E-state index in [0.29, 0.717) is 45.7 Å². The third kappa shape index (κ3) is 5.64. The van der Waals surface area contributed by atoms with Gasteiger partial charge in [-0.25, -0.2) is 12.7 Å². The van der Waals surface area contributed by atoms with Gasteiger partial charge < -0.3 is 5.32 Å². The van der Waals surface area contributed by atoms with Gasteiger partial charge >= 0.3 is 0 Å². The number of carbonyl (C=O) groups excluding carboxylic acids is 1. The molecular formula is C20H21Cl3N2O3S. The molecule has 0 aromatic heterocycles. The second-order valence-corrected chi connectivity index (χ2v) is 10.4. The van der Waals surface area contributed by atoms with E-state index in [1.807, 2.05) is 13.0 Å². The molecule has 2 aromatic carbocycles. The van der Waals surface area contributed by atoms with Gasteiger partial charge in [-0.05, 0) is 55.2 Å². The Bertz CT molecular complexity index is 1030. The topological polar surface area (TPSA) is 66.5 Å². The molecule has 1 saturated heterocycles. The Morgan fingerprint density at radius 2 is 1.83 bits per heavy atom. The van der Waals surface area contributed by atoms with E-state index >= 15 is 0 Å². The molecule has 0 radical (unpaired) electrons. The van der Waals surface area contributed by atoms with Gasteiger partial charge in [0.15, 0.2) is 0 Å². The molecule has 1 atom stereocenters. The fraction of sp³-hybridized carbons (Fsp3) is 0.350. The minimum Gasteiger partial charge on any atom is -0.326 e. The van der Waals surface area contributed by atoms with Crippen LogP contribution in [0.2, 0.25) is 15.1 Å². The van der Waals surface area contributed by atoms with E-state index in [1.54, 1.807) is 24.3 Å². The van der Waals surface area contributed by atoms with Crippen LogP contribution in [0.4, 0.5) is 5.69 Å². The second-order valence-electron chi connectivity index (χ2n) is 7.14. The summed E-state index contributed by atoms with van der Waals surface area (Å²) in [7, 11) is -3.62. The number of nitrogens with one attached hydrogen (secondary N) is 1. The highest BCUT2D eigenvalue weighted by molar-refractivity contribution is 7.88. The summed E-state index contributed by atoms with van der Waals surface area (Å²) in [5, 5.41) is 4.16. The van der Waals surface area contributed by atoms with Crippen molar-refractivity contribution in [3.63, 3.8) is 0 Å². The maximum atomic E-state index is 12.9. The molecule has 0 spiro atoms. The molecule has 2 aromatic rings. The number of anilines is 1. The van der Waals surface area contributed by atoms with Crippen LogP contribution in [0.25, 0.3) is 0 Å². The summed E-state index contributed by atoms with van der Waals surface area (Å²) < 4.78 is 27.2. The predicted octanol–water partition coefficient (Wildman–Crippen LogP) is 5.14. The van der Waals surface area contributed by atoms with Crippen molar-refractivity contribution < 1.29 is 13.2 Å². The molecule has 1 N–H and O–H groups in total. The van der Waals surface area contributed by atoms with Crippen LogP contribution in [-0.2, 0) is 20.6 Å². The summed E-state index contributed by atoms with van der Waals surface area (Å²) >= 11 is 18.0. The van der Waals surface area contributed by atoms with Crippen LogP contribution in [0, 0.1) is 12.8 Å². The summed E-state index contributed by atoms with van der Waals surface area (Å²) in [6.07, 6.45) is 1.24. The molecule has 0 bridgehead atoms. The third-order valence-corrected chi connectivity index (χ3v) is 7.58. The Balaban J connectivity index is 1.70. The highest BCUT2D eigenvalue weighted by Crippen LogP contribution is 2.27. The first kappa shape index (κ1) is 22.4. The van der Waals surface area contributed by atoms with Crippen LogP contribution < -0.4 is 5.32 Å². The first-order valence-electron chi connectivity index (χ1n) is 9.14. The first-order valence-corrected chi connectivity index (χ1v) is 11.9. The van der Waals surface area contributed by atoms with Gasteiger partial charge in [-0.1, -0.05) is 46.9 Å². The number of sulfonamides is 1. The minimum absolute atomic E-state index is 0.138. The highest BCUT2D eigenvalue weighted by Gasteiger charge is 2.33. The monoisotopic (exact) mass is 474 g/mol. The standard InChI is InChI=1S/C20H21Cl3N2O3S/c1-13-4-6-17(22)10-19(13)24-20(26)14-3-2-8-25(11-14)29(27,28)12-15-5-7-16(21)9-18(15)23/h4-7,9-10,14H,2-3,8,11-12H2,1H3,(H,24,26)/t14-/m0/s1. The molecule has 1 fully saturated rings. The maximum Gasteiger partial charge on any atom is 0.228 e. The number of rotatable bonds is 5. The molecule has 0 saturated carbocycles. The smallest absolute Gasteiger partial charge is 0.228 e. The molecule has 3 rings (SSSR count). The zero-order valence-corrected chi connectivity index (χ0v) is 18.9. The summed E-state index contributed by atoms with van der Waals surface area (Å²) in [6, 6.07) is 10.0. The Morgan fingerprint density at radius 3 is 2.55 bits per heavy atom. The summed E-state index contributed by atoms with van der Waals surface area (Å²) in [5.41, 5.74) is 2.01. The zero-order chi connectivity index (χ0) is 21.2. The van der Waals surface area contributed by atoms with Crippen molar-refractivity contribution in [3.8, 4) is 0 Å². The van der Waals surface area contributed by atoms with E-state index in [4.69, 9.17) is 34.8 Å². The van der Waals surface area contributed by atoms with Crippen molar-refractivity contribution in [3.05, 3.63) is 62.6 Å². The van der Waals surface area contributed by atoms with Gasteiger partial charge in [0.1, 0.15) is 0 Å². The molecule has 0 unspecified atom stereocenters. The second kappa shape index (κ2) is 9.23. The summed E-state index contributed by atoms with van der Waals surface area (Å²) in [5.74, 6) is -0.873. The van der Waals surface area contributed by atoms with Crippen molar-refractivity contribution in [1.82, 2.24) is 4.31 Å². The normalized spacial score (nSPS) is 17.9. The highest BCUT2D eigenvalue weighted by atomic mass is 35.5. The van der Waals surface area contributed by atoms with E-state index in [1.165, 1.54) is 10.4 Å². The maximum absolute atomic E-state index is 12.9. The number of hydrogen-bond donors (Lipinski definition) is 1. The average Bonchev–Trinajstić information content (AvgIpc) is 2.67. The molecule has 1 amide bonds. The zero-order valence-electron chi connectivity index (χ0n) is 15.8. The van der Waals surface area contributed by atoms with Gasteiger partial charge in [-0.2, -0.15) is 0 Å². The largest absolute Gasteiger partial charge is 0.326 e. The molecule has 1 heterocycles. The molecular weight excluding hydrogens is 455 g/mol. The fourth-order valence-electron chi connectivity index (χ4n) is 3.30. The van der Waals surface area contributed by atoms with Crippen LogP contribution in [0.1, 0.15) is 24.0 Å². The van der Waals surface area contributed by atoms with E-state index in [0.717, 1.165) is 5.56 Å². The molecule has 1 aliphatic rings. The van der Waals surface area contributed by atoms with Crippen LogP contribution >= 0.6 is 34.8 Å². The minimum atomic E-state index is -3.62. The fourth-order valence-corrected chi connectivity index (χ4v) is 5.67. The lowest BCUT2D eigenvalue weighted by atomic mass is 9.98. The van der Waals surface area contributed by atoms with Crippen LogP contribution in [-0.4, -0.2) is 31.7 Å². The Kier molecular flexibility index (Phi) is 7.12. The van der Waals surface area contributed by atoms with Crippen molar-refractivity contribution in [2.45, 2.75) is 25.5 Å². The van der Waals surface area contributed by atoms with Crippen molar-refractivity contribution >= 4 is 56.4 Å². The quantitative estimate of drug-likeness (QED) is 0.651. The number of carbonyl (C=O) groups is 1. The molecule has 29 heavy (non-hydrogen) atoms. The van der Waals surface area contributed by atoms with Gasteiger partial charge in [0.2, 0.25) is 15.9 Å². The Hall–Kier alpha value is -1.31. The number of amides is 1. The van der Waals surface area contributed by atoms with Crippen molar-refractivity contribution in [1.29, 1.82) is 0 Å². The first-order chi connectivity index (χ1) is 13.7. The lowest BCUT2D eigenvalue weighted by Crippen LogP contribution is -2.44. The molecule has 156 valence electrons. The number of piperidine rings is 1. The summed E-state index contributed by atoms with van der Waals surface area (Å²) in [4.78, 5) is 12.7. The summed E-state index contributed by atoms with van der Waals surface area (Å²) in [6.45, 7) is 2.39. The number of nitrogens with zero attached hydrogens (tertiary/aromatic N) is 1. The van der Waals surface area contributed by atoms with Gasteiger partial charge in [0, 0.05) is 33.8 Å². The SMILES string of the molecule is Cc1ccc(Cl)cc1NC(=O)[C@H]1CCCN(S(=O)(=O)Cc2ccc(Cl)cc2Cl)C1. The van der Waals surface area contributed by atoms with Gasteiger partial charge in [-0.3, -0.25) is 4.79 Å². The van der Waals surface area contributed by atoms with E-state index in [-0.39, 0.29) is 18.2 Å². The third-order valence-electron chi connectivity index (χ3n) is 4.96. The molecule has 0 aliphatic carbocycles. The van der Waals surface area contributed by atoms with E-state index in [2.05, 4.69) is 5.32 Å². The van der Waals surface area contributed by atoms with Crippen molar-refractivity contribution in [2.75, 3.05) is 18.4 Å². The predicted molar refractivity (Wildman–Crippen MR) is 118 cm³/mol. The number of benzene rings is 2. The van der Waals surface area contributed by atoms with Crippen LogP contribution in [0.5, 0.6) is 0 Å². The van der Waals surface area contributed by atoms with Gasteiger partial charge in [-0.15, -0.1) is 0 Å². The average molecular weight is 476 g/mol. The van der Waals surface area contributed by atoms with E-state index < -0.39 is 15.9 Å². The number of hydrogen-bond acceptors (Lipinski definition) is 3. The lowest BCUT2D eigenvalue weighted by molar-refractivity contribution is -0.120. The van der Waals surface area contributed by atoms with Crippen LogP contribution in [0.3, 0.4) is 0 Å². The Labute approximate surface area is 186 Å². The molecule has 1 aliphatic heterocycles. The van der Waals surface area contributed by atoms with Gasteiger partial charge in [0.25, 0.3) is 0 Å².